The summed E-state index contributed by atoms with van der Waals surface area (Å²) in [5.41, 5.74) is 1.62. The van der Waals surface area contributed by atoms with Crippen LogP contribution < -0.4 is 9.47 Å². The average molecular weight is 438 g/mol. The normalized spacial score (nSPS) is 17.7. The van der Waals surface area contributed by atoms with E-state index in [1.165, 1.54) is 0 Å². The van der Waals surface area contributed by atoms with Crippen LogP contribution in [0, 0.1) is 5.92 Å². The summed E-state index contributed by atoms with van der Waals surface area (Å²) in [5, 5.41) is 0. The number of nitrogens with zero attached hydrogens (tertiary/aromatic N) is 3. The van der Waals surface area contributed by atoms with Crippen molar-refractivity contribution in [3.8, 4) is 11.5 Å². The summed E-state index contributed by atoms with van der Waals surface area (Å²) in [6.45, 7) is 3.14. The van der Waals surface area contributed by atoms with Crippen molar-refractivity contribution in [2.45, 2.75) is 32.1 Å². The van der Waals surface area contributed by atoms with Gasteiger partial charge in [0.25, 0.3) is 5.91 Å². The topological polar surface area (TPSA) is 72.0 Å². The molecule has 0 unspecified atom stereocenters. The van der Waals surface area contributed by atoms with Gasteiger partial charge in [-0.15, -0.1) is 0 Å². The third kappa shape index (κ3) is 5.58. The molecule has 7 nitrogen and oxygen atoms in total. The van der Waals surface area contributed by atoms with Gasteiger partial charge in [-0.2, -0.15) is 0 Å². The number of likely N-dealkylation sites (tertiary alicyclic amines) is 1. The maximum atomic E-state index is 13.0. The Hall–Kier alpha value is -3.09. The molecule has 0 N–H and O–H groups in total. The van der Waals surface area contributed by atoms with Gasteiger partial charge in [0.2, 0.25) is 5.91 Å². The first-order valence-corrected chi connectivity index (χ1v) is 11.4. The number of piperidine rings is 1. The zero-order valence-corrected chi connectivity index (χ0v) is 18.7. The second-order valence-corrected chi connectivity index (χ2v) is 8.54. The monoisotopic (exact) mass is 437 g/mol. The molecule has 1 saturated heterocycles. The minimum atomic E-state index is 0.0190. The summed E-state index contributed by atoms with van der Waals surface area (Å²) < 4.78 is 11.2. The van der Waals surface area contributed by atoms with Crippen LogP contribution in [0.1, 0.15) is 41.7 Å². The van der Waals surface area contributed by atoms with E-state index in [1.54, 1.807) is 23.2 Å². The van der Waals surface area contributed by atoms with Gasteiger partial charge in [0, 0.05) is 57.0 Å². The zero-order valence-electron chi connectivity index (χ0n) is 18.7. The molecular weight excluding hydrogens is 406 g/mol. The van der Waals surface area contributed by atoms with Crippen LogP contribution in [-0.2, 0) is 11.2 Å². The fourth-order valence-corrected chi connectivity index (χ4v) is 4.32. The van der Waals surface area contributed by atoms with Crippen LogP contribution >= 0.6 is 0 Å². The fraction of sp³-hybridized carbons (Fsp3) is 0.480. The molecule has 2 aliphatic heterocycles. The number of hydrogen-bond acceptors (Lipinski definition) is 5. The molecule has 2 amide bonds. The van der Waals surface area contributed by atoms with Crippen molar-refractivity contribution in [2.75, 3.05) is 39.9 Å². The van der Waals surface area contributed by atoms with Crippen LogP contribution in [0.3, 0.4) is 0 Å². The molecule has 1 atom stereocenters. The lowest BCUT2D eigenvalue weighted by Gasteiger charge is -2.33. The summed E-state index contributed by atoms with van der Waals surface area (Å²) in [6.07, 6.45) is 5.86. The van der Waals surface area contributed by atoms with Gasteiger partial charge in [-0.05, 0) is 55.5 Å². The number of likely N-dealkylation sites (N-methyl/N-ethyl adjacent to an activating group) is 1. The highest BCUT2D eigenvalue weighted by atomic mass is 16.6. The van der Waals surface area contributed by atoms with E-state index in [0.717, 1.165) is 37.9 Å². The second-order valence-electron chi connectivity index (χ2n) is 8.54. The highest BCUT2D eigenvalue weighted by molar-refractivity contribution is 5.95. The largest absolute Gasteiger partial charge is 0.486 e. The molecule has 2 aromatic rings. The molecule has 4 rings (SSSR count). The van der Waals surface area contributed by atoms with E-state index in [9.17, 15) is 9.59 Å². The number of fused-ring (bicyclic) bond motifs is 1. The number of amides is 2. The van der Waals surface area contributed by atoms with Crippen LogP contribution in [0.4, 0.5) is 0 Å². The van der Waals surface area contributed by atoms with Crippen molar-refractivity contribution >= 4 is 11.8 Å². The van der Waals surface area contributed by atoms with E-state index in [-0.39, 0.29) is 11.8 Å². The number of aromatic nitrogens is 1. The molecule has 3 heterocycles. The number of benzene rings is 1. The van der Waals surface area contributed by atoms with E-state index >= 15 is 0 Å². The number of carbonyl (C=O) groups excluding carboxylic acids is 2. The van der Waals surface area contributed by atoms with E-state index in [2.05, 4.69) is 4.98 Å². The van der Waals surface area contributed by atoms with Gasteiger partial charge < -0.3 is 19.3 Å². The molecule has 0 bridgehead atoms. The van der Waals surface area contributed by atoms with Gasteiger partial charge in [0.05, 0.1) is 0 Å². The number of rotatable bonds is 7. The molecule has 0 spiro atoms. The summed E-state index contributed by atoms with van der Waals surface area (Å²) in [5.74, 6) is 1.84. The van der Waals surface area contributed by atoms with Gasteiger partial charge in [-0.25, -0.2) is 0 Å². The number of ether oxygens (including phenoxy) is 2. The molecule has 1 fully saturated rings. The maximum absolute atomic E-state index is 13.0. The lowest BCUT2D eigenvalue weighted by molar-refractivity contribution is -0.130. The molecular formula is C25H31N3O4. The highest BCUT2D eigenvalue weighted by Crippen LogP contribution is 2.32. The number of hydrogen-bond donors (Lipinski definition) is 0. The Morgan fingerprint density at radius 3 is 2.81 bits per heavy atom. The Morgan fingerprint density at radius 2 is 2.00 bits per heavy atom. The van der Waals surface area contributed by atoms with E-state index in [4.69, 9.17) is 9.47 Å². The smallest absolute Gasteiger partial charge is 0.254 e. The maximum Gasteiger partial charge on any atom is 0.254 e. The zero-order chi connectivity index (χ0) is 22.3. The minimum absolute atomic E-state index is 0.0190. The highest BCUT2D eigenvalue weighted by Gasteiger charge is 2.26. The molecule has 0 radical (unpaired) electrons. The molecule has 32 heavy (non-hydrogen) atoms. The van der Waals surface area contributed by atoms with Crippen molar-refractivity contribution in [3.05, 3.63) is 53.9 Å². The Kier molecular flexibility index (Phi) is 7.24. The van der Waals surface area contributed by atoms with Gasteiger partial charge in [-0.1, -0.05) is 6.07 Å². The second kappa shape index (κ2) is 10.5. The Bertz CT molecular complexity index is 934. The van der Waals surface area contributed by atoms with E-state index < -0.39 is 0 Å². The standard InChI is InChI=1S/C25H31N3O4/c1-27(14-11-21-6-2-3-12-26-21)24(29)10-7-19-5-4-13-28(18-19)25(30)20-8-9-22-23(17-20)32-16-15-31-22/h2-3,6,8-9,12,17,19H,4-5,7,10-11,13-16,18H2,1H3/t19-/m0/s1. The molecule has 1 aromatic heterocycles. The first-order valence-electron chi connectivity index (χ1n) is 11.4. The predicted octanol–water partition coefficient (Wildman–Crippen LogP) is 3.19. The van der Waals surface area contributed by atoms with Gasteiger partial charge >= 0.3 is 0 Å². The quantitative estimate of drug-likeness (QED) is 0.665. The lowest BCUT2D eigenvalue weighted by Crippen LogP contribution is -2.40. The van der Waals surface area contributed by atoms with Gasteiger partial charge in [0.1, 0.15) is 13.2 Å². The summed E-state index contributed by atoms with van der Waals surface area (Å²) in [4.78, 5) is 33.6. The van der Waals surface area contributed by atoms with Crippen LogP contribution in [0.5, 0.6) is 11.5 Å². The first-order chi connectivity index (χ1) is 15.6. The Morgan fingerprint density at radius 1 is 1.16 bits per heavy atom. The third-order valence-corrected chi connectivity index (χ3v) is 6.22. The number of pyridine rings is 1. The van der Waals surface area contributed by atoms with E-state index in [1.807, 2.05) is 36.2 Å². The SMILES string of the molecule is CN(CCc1ccccn1)C(=O)CC[C@@H]1CCCN(C(=O)c2ccc3c(c2)OCCO3)C1. The molecule has 0 saturated carbocycles. The van der Waals surface area contributed by atoms with Crippen molar-refractivity contribution in [3.63, 3.8) is 0 Å². The minimum Gasteiger partial charge on any atom is -0.486 e. The van der Waals surface area contributed by atoms with Crippen LogP contribution in [-0.4, -0.2) is 66.5 Å². The van der Waals surface area contributed by atoms with Crippen molar-refractivity contribution in [1.82, 2.24) is 14.8 Å². The lowest BCUT2D eigenvalue weighted by atomic mass is 9.92. The van der Waals surface area contributed by atoms with Crippen LogP contribution in [0.25, 0.3) is 0 Å². The van der Waals surface area contributed by atoms with Crippen molar-refractivity contribution in [1.29, 1.82) is 0 Å². The summed E-state index contributed by atoms with van der Waals surface area (Å²) in [7, 11) is 1.85. The first kappa shape index (κ1) is 22.1. The summed E-state index contributed by atoms with van der Waals surface area (Å²) in [6, 6.07) is 11.2. The Labute approximate surface area is 189 Å². The predicted molar refractivity (Wildman–Crippen MR) is 121 cm³/mol. The van der Waals surface area contributed by atoms with Crippen molar-refractivity contribution in [2.24, 2.45) is 5.92 Å². The molecule has 0 aliphatic carbocycles. The van der Waals surface area contributed by atoms with E-state index in [0.29, 0.717) is 55.7 Å². The average Bonchev–Trinajstić information content (AvgIpc) is 2.85. The Balaban J connectivity index is 1.25. The molecule has 7 heteroatoms. The third-order valence-electron chi connectivity index (χ3n) is 6.22. The van der Waals surface area contributed by atoms with Crippen LogP contribution in [0.2, 0.25) is 0 Å². The molecule has 170 valence electrons. The molecule has 1 aromatic carbocycles. The van der Waals surface area contributed by atoms with Gasteiger partial charge in [0.15, 0.2) is 11.5 Å². The fourth-order valence-electron chi connectivity index (χ4n) is 4.32. The summed E-state index contributed by atoms with van der Waals surface area (Å²) >= 11 is 0. The number of carbonyl (C=O) groups is 2. The van der Waals surface area contributed by atoms with Crippen LogP contribution in [0.15, 0.2) is 42.6 Å². The van der Waals surface area contributed by atoms with Crippen molar-refractivity contribution < 1.29 is 19.1 Å². The van der Waals surface area contributed by atoms with Gasteiger partial charge in [-0.3, -0.25) is 14.6 Å². The molecule has 2 aliphatic rings.